The van der Waals surface area contributed by atoms with Gasteiger partial charge in [-0.2, -0.15) is 10.5 Å². The summed E-state index contributed by atoms with van der Waals surface area (Å²) in [7, 11) is 0. The Morgan fingerprint density at radius 2 is 1.00 bits per heavy atom. The number of nitrogens with zero attached hydrogens (tertiary/aromatic N) is 4. The van der Waals surface area contributed by atoms with Gasteiger partial charge in [0.25, 0.3) is 0 Å². The van der Waals surface area contributed by atoms with Gasteiger partial charge in [0.1, 0.15) is 29.2 Å². The fourth-order valence-corrected chi connectivity index (χ4v) is 6.98. The van der Waals surface area contributed by atoms with Gasteiger partial charge in [-0.1, -0.05) is 0 Å². The first-order chi connectivity index (χ1) is 18.2. The number of benzene rings is 2. The van der Waals surface area contributed by atoms with E-state index in [0.29, 0.717) is 5.57 Å². The van der Waals surface area contributed by atoms with Gasteiger partial charge < -0.3 is 14.5 Å². The summed E-state index contributed by atoms with van der Waals surface area (Å²) in [6, 6.07) is 13.3. The van der Waals surface area contributed by atoms with Gasteiger partial charge in [0.15, 0.2) is 0 Å². The smallest absolute Gasteiger partial charge is 0.137 e. The van der Waals surface area contributed by atoms with Crippen molar-refractivity contribution in [2.24, 2.45) is 0 Å². The second-order valence-electron chi connectivity index (χ2n) is 10.8. The number of ether oxygens (including phenoxy) is 1. The van der Waals surface area contributed by atoms with Crippen molar-refractivity contribution >= 4 is 22.9 Å². The number of aryl methyl sites for hydroxylation is 4. The number of hydrogen-bond donors (Lipinski definition) is 0. The Morgan fingerprint density at radius 1 is 0.622 bits per heavy atom. The van der Waals surface area contributed by atoms with Gasteiger partial charge in [-0.3, -0.25) is 0 Å². The fourth-order valence-electron chi connectivity index (χ4n) is 6.98. The first kappa shape index (κ1) is 22.3. The van der Waals surface area contributed by atoms with Crippen LogP contribution in [0, 0.1) is 22.7 Å². The van der Waals surface area contributed by atoms with Crippen LogP contribution in [0.15, 0.2) is 47.6 Å². The maximum atomic E-state index is 9.71. The van der Waals surface area contributed by atoms with Crippen molar-refractivity contribution in [3.8, 4) is 12.1 Å². The first-order valence-electron chi connectivity index (χ1n) is 13.7. The van der Waals surface area contributed by atoms with Crippen molar-refractivity contribution in [2.75, 3.05) is 36.0 Å². The zero-order valence-electron chi connectivity index (χ0n) is 21.1. The molecule has 0 unspecified atom stereocenters. The van der Waals surface area contributed by atoms with E-state index in [9.17, 15) is 10.5 Å². The Labute approximate surface area is 218 Å². The van der Waals surface area contributed by atoms with E-state index in [1.54, 1.807) is 0 Å². The summed E-state index contributed by atoms with van der Waals surface area (Å²) in [4.78, 5) is 5.08. The van der Waals surface area contributed by atoms with E-state index < -0.39 is 0 Å². The Morgan fingerprint density at radius 3 is 1.35 bits per heavy atom. The third kappa shape index (κ3) is 3.73. The molecular weight excluding hydrogens is 456 g/mol. The summed E-state index contributed by atoms with van der Waals surface area (Å²) in [6.07, 6.45) is 12.8. The van der Waals surface area contributed by atoms with E-state index in [1.807, 2.05) is 12.2 Å². The van der Waals surface area contributed by atoms with Crippen molar-refractivity contribution in [3.05, 3.63) is 80.9 Å². The predicted octanol–water partition coefficient (Wildman–Crippen LogP) is 5.84. The molecule has 0 spiro atoms. The quantitative estimate of drug-likeness (QED) is 0.499. The highest BCUT2D eigenvalue weighted by Crippen LogP contribution is 2.42. The highest BCUT2D eigenvalue weighted by molar-refractivity contribution is 5.82. The Bertz CT molecular complexity index is 1320. The van der Waals surface area contributed by atoms with E-state index in [4.69, 9.17) is 4.74 Å². The molecule has 5 nitrogen and oxygen atoms in total. The monoisotopic (exact) mass is 486 g/mol. The van der Waals surface area contributed by atoms with E-state index in [2.05, 4.69) is 46.2 Å². The van der Waals surface area contributed by atoms with Crippen LogP contribution in [0.2, 0.25) is 0 Å². The zero-order chi connectivity index (χ0) is 24.9. The van der Waals surface area contributed by atoms with Crippen LogP contribution in [0.1, 0.15) is 59.1 Å². The average molecular weight is 487 g/mol. The van der Waals surface area contributed by atoms with E-state index >= 15 is 0 Å². The molecule has 0 amide bonds. The average Bonchev–Trinajstić information content (AvgIpc) is 2.94. The molecule has 0 atom stereocenters. The highest BCUT2D eigenvalue weighted by Gasteiger charge is 2.28. The number of rotatable bonds is 2. The van der Waals surface area contributed by atoms with Crippen molar-refractivity contribution in [3.63, 3.8) is 0 Å². The van der Waals surface area contributed by atoms with Crippen LogP contribution in [0.3, 0.4) is 0 Å². The minimum Gasteiger partial charge on any atom is -0.456 e. The molecule has 5 heteroatoms. The molecule has 0 N–H and O–H groups in total. The lowest BCUT2D eigenvalue weighted by atomic mass is 9.88. The van der Waals surface area contributed by atoms with Gasteiger partial charge in [0.2, 0.25) is 0 Å². The van der Waals surface area contributed by atoms with Gasteiger partial charge in [-0.05, 0) is 110 Å². The molecule has 184 valence electrons. The van der Waals surface area contributed by atoms with Crippen LogP contribution in [0.4, 0.5) is 11.4 Å². The molecule has 0 aromatic heterocycles. The highest BCUT2D eigenvalue weighted by atomic mass is 16.5. The van der Waals surface area contributed by atoms with Crippen LogP contribution >= 0.6 is 0 Å². The Balaban J connectivity index is 1.34. The van der Waals surface area contributed by atoms with Gasteiger partial charge in [0.05, 0.1) is 0 Å². The molecule has 0 saturated heterocycles. The second-order valence-corrected chi connectivity index (χ2v) is 10.8. The molecule has 37 heavy (non-hydrogen) atoms. The minimum atomic E-state index is 0.120. The summed E-state index contributed by atoms with van der Waals surface area (Å²) >= 11 is 0. The van der Waals surface area contributed by atoms with Crippen LogP contribution in [0.25, 0.3) is 11.5 Å². The molecule has 0 fully saturated rings. The molecule has 5 heterocycles. The number of nitriles is 2. The molecule has 7 rings (SSSR count). The van der Waals surface area contributed by atoms with Crippen LogP contribution in [-0.2, 0) is 30.4 Å². The standard InChI is InChI=1S/C32H30N4O/c33-19-28(20-34)25-17-29(26-13-21-5-1-9-35-10-2-6-22(14-26)31(21)35)37-30(18-25)27-15-23-7-3-11-36-12-4-8-24(16-27)32(23)36/h13-18H,1-12H2. The lowest BCUT2D eigenvalue weighted by molar-refractivity contribution is 0.466. The van der Waals surface area contributed by atoms with E-state index in [-0.39, 0.29) is 5.57 Å². The van der Waals surface area contributed by atoms with Crippen LogP contribution in [0.5, 0.6) is 0 Å². The normalized spacial score (nSPS) is 19.5. The lowest BCUT2D eigenvalue weighted by Crippen LogP contribution is -2.34. The second kappa shape index (κ2) is 8.86. The SMILES string of the molecule is N#CC(C#N)=C1C=C(c2cc3c4c(c2)CCCN4CCC3)OC(c2cc3c4c(c2)CCCN4CCC3)=C1. The van der Waals surface area contributed by atoms with Gasteiger partial charge in [-0.25, -0.2) is 0 Å². The maximum absolute atomic E-state index is 9.71. The third-order valence-electron chi connectivity index (χ3n) is 8.54. The Hall–Kier alpha value is -3.96. The summed E-state index contributed by atoms with van der Waals surface area (Å²) in [5.74, 6) is 1.45. The summed E-state index contributed by atoms with van der Waals surface area (Å²) < 4.78 is 6.64. The molecule has 2 aromatic carbocycles. The van der Waals surface area contributed by atoms with E-state index in [0.717, 1.165) is 74.5 Å². The number of hydrogen-bond acceptors (Lipinski definition) is 5. The largest absolute Gasteiger partial charge is 0.456 e. The van der Waals surface area contributed by atoms with Crippen LogP contribution in [-0.4, -0.2) is 26.2 Å². The van der Waals surface area contributed by atoms with Gasteiger partial charge >= 0.3 is 0 Å². The molecule has 5 aliphatic heterocycles. The molecule has 2 aromatic rings. The van der Waals surface area contributed by atoms with Crippen molar-refractivity contribution in [1.29, 1.82) is 10.5 Å². The van der Waals surface area contributed by atoms with Crippen molar-refractivity contribution in [1.82, 2.24) is 0 Å². The molecule has 0 saturated carbocycles. The Kier molecular flexibility index (Phi) is 5.33. The van der Waals surface area contributed by atoms with Crippen molar-refractivity contribution < 1.29 is 4.74 Å². The topological polar surface area (TPSA) is 63.3 Å². The molecule has 0 radical (unpaired) electrons. The first-order valence-corrected chi connectivity index (χ1v) is 13.7. The third-order valence-corrected chi connectivity index (χ3v) is 8.54. The van der Waals surface area contributed by atoms with Gasteiger partial charge in [0, 0.05) is 54.3 Å². The van der Waals surface area contributed by atoms with E-state index in [1.165, 1.54) is 59.3 Å². The summed E-state index contributed by atoms with van der Waals surface area (Å²) in [5, 5.41) is 19.4. The molecule has 0 bridgehead atoms. The number of allylic oxidation sites excluding steroid dienone is 4. The summed E-state index contributed by atoms with van der Waals surface area (Å²) in [6.45, 7) is 4.57. The fraction of sp³-hybridized carbons (Fsp3) is 0.375. The maximum Gasteiger partial charge on any atom is 0.137 e. The molecule has 0 aliphatic carbocycles. The van der Waals surface area contributed by atoms with Gasteiger partial charge in [-0.15, -0.1) is 0 Å². The predicted molar refractivity (Wildman–Crippen MR) is 146 cm³/mol. The minimum absolute atomic E-state index is 0.120. The zero-order valence-corrected chi connectivity index (χ0v) is 21.1. The van der Waals surface area contributed by atoms with Crippen molar-refractivity contribution in [2.45, 2.75) is 51.4 Å². The lowest BCUT2D eigenvalue weighted by Gasteiger charge is -2.37. The number of anilines is 2. The molecular formula is C32H30N4O. The molecule has 5 aliphatic rings. The summed E-state index contributed by atoms with van der Waals surface area (Å²) in [5.41, 5.74) is 11.3. The van der Waals surface area contributed by atoms with Crippen LogP contribution < -0.4 is 9.80 Å².